The lowest BCUT2D eigenvalue weighted by Crippen LogP contribution is -2.43. The van der Waals surface area contributed by atoms with Gasteiger partial charge in [-0.1, -0.05) is 24.3 Å². The second-order valence-corrected chi connectivity index (χ2v) is 7.65. The number of aromatic nitrogens is 3. The van der Waals surface area contributed by atoms with Crippen molar-refractivity contribution in [2.45, 2.75) is 18.6 Å². The minimum absolute atomic E-state index is 0.0237. The van der Waals surface area contributed by atoms with E-state index in [1.807, 2.05) is 24.3 Å². The Morgan fingerprint density at radius 3 is 2.63 bits per heavy atom. The van der Waals surface area contributed by atoms with Gasteiger partial charge in [-0.3, -0.25) is 4.79 Å². The zero-order valence-corrected chi connectivity index (χ0v) is 18.7. The van der Waals surface area contributed by atoms with Gasteiger partial charge in [0.1, 0.15) is 6.04 Å². The zero-order chi connectivity index (χ0) is 25.2. The van der Waals surface area contributed by atoms with Crippen molar-refractivity contribution in [1.29, 1.82) is 0 Å². The maximum absolute atomic E-state index is 13.1. The average molecular weight is 486 g/mol. The fourth-order valence-electron chi connectivity index (χ4n) is 3.70. The van der Waals surface area contributed by atoms with Gasteiger partial charge in [-0.2, -0.15) is 18.3 Å². The largest absolute Gasteiger partial charge is 0.493 e. The lowest BCUT2D eigenvalue weighted by atomic mass is 10.0. The van der Waals surface area contributed by atoms with E-state index in [0.717, 1.165) is 33.3 Å². The Morgan fingerprint density at radius 1 is 1.14 bits per heavy atom. The first-order valence-electron chi connectivity index (χ1n) is 10.5. The Morgan fingerprint density at radius 2 is 1.91 bits per heavy atom. The molecule has 0 aliphatic heterocycles. The highest BCUT2D eigenvalue weighted by atomic mass is 19.4. The summed E-state index contributed by atoms with van der Waals surface area (Å²) in [6.45, 7) is 0. The number of rotatable bonds is 7. The first-order chi connectivity index (χ1) is 16.7. The van der Waals surface area contributed by atoms with Crippen LogP contribution < -0.4 is 10.1 Å². The van der Waals surface area contributed by atoms with Gasteiger partial charge in [0.05, 0.1) is 31.7 Å². The SMILES string of the molecule is COC(=O)[C@@H](Cc1c[nH]c2ccccc12)NC(=O)c1nn(-c2cccc(C(F)(F)F)c2)cc1OC. The molecule has 0 unspecified atom stereocenters. The molecule has 4 rings (SSSR count). The highest BCUT2D eigenvalue weighted by Crippen LogP contribution is 2.31. The van der Waals surface area contributed by atoms with E-state index in [9.17, 15) is 22.8 Å². The van der Waals surface area contributed by atoms with E-state index in [-0.39, 0.29) is 23.6 Å². The highest BCUT2D eigenvalue weighted by Gasteiger charge is 2.31. The van der Waals surface area contributed by atoms with Crippen molar-refractivity contribution in [2.75, 3.05) is 14.2 Å². The van der Waals surface area contributed by atoms with E-state index in [0.29, 0.717) is 0 Å². The van der Waals surface area contributed by atoms with Crippen molar-refractivity contribution < 1.29 is 32.2 Å². The van der Waals surface area contributed by atoms with E-state index >= 15 is 0 Å². The third-order valence-corrected chi connectivity index (χ3v) is 5.44. The van der Waals surface area contributed by atoms with Crippen LogP contribution >= 0.6 is 0 Å². The predicted octanol–water partition coefficient (Wildman–Crippen LogP) is 3.90. The normalized spacial score (nSPS) is 12.4. The zero-order valence-electron chi connectivity index (χ0n) is 18.7. The van der Waals surface area contributed by atoms with Gasteiger partial charge >= 0.3 is 12.1 Å². The fourth-order valence-corrected chi connectivity index (χ4v) is 3.70. The number of carbonyl (C=O) groups is 2. The molecule has 2 heterocycles. The maximum atomic E-state index is 13.1. The number of H-pyrrole nitrogens is 1. The van der Waals surface area contributed by atoms with Crippen LogP contribution in [0.2, 0.25) is 0 Å². The van der Waals surface area contributed by atoms with E-state index < -0.39 is 29.7 Å². The molecule has 1 atom stereocenters. The van der Waals surface area contributed by atoms with Gasteiger partial charge < -0.3 is 19.8 Å². The molecule has 0 aliphatic carbocycles. The number of benzene rings is 2. The number of halogens is 3. The summed E-state index contributed by atoms with van der Waals surface area (Å²) in [5.74, 6) is -1.39. The first-order valence-corrected chi connectivity index (χ1v) is 10.5. The molecule has 0 saturated heterocycles. The molecule has 2 aromatic heterocycles. The summed E-state index contributed by atoms with van der Waals surface area (Å²) in [5, 5.41) is 7.60. The Balaban J connectivity index is 1.61. The molecule has 2 aromatic carbocycles. The topological polar surface area (TPSA) is 98.2 Å². The van der Waals surface area contributed by atoms with E-state index in [4.69, 9.17) is 9.47 Å². The molecular formula is C24H21F3N4O4. The molecule has 0 spiro atoms. The summed E-state index contributed by atoms with van der Waals surface area (Å²) >= 11 is 0. The van der Waals surface area contributed by atoms with Crippen LogP contribution in [0.25, 0.3) is 16.6 Å². The number of hydrogen-bond acceptors (Lipinski definition) is 5. The van der Waals surface area contributed by atoms with Gasteiger partial charge in [-0.05, 0) is 29.8 Å². The summed E-state index contributed by atoms with van der Waals surface area (Å²) < 4.78 is 50.5. The van der Waals surface area contributed by atoms with Crippen LogP contribution in [0.15, 0.2) is 60.9 Å². The van der Waals surface area contributed by atoms with Crippen molar-refractivity contribution in [3.8, 4) is 11.4 Å². The highest BCUT2D eigenvalue weighted by molar-refractivity contribution is 5.97. The van der Waals surface area contributed by atoms with Crippen molar-refractivity contribution in [1.82, 2.24) is 20.1 Å². The standard InChI is InChI=1S/C24H21F3N4O4/c1-34-20-13-31(16-7-5-6-15(11-16)24(25,26)27)30-21(20)22(32)29-19(23(33)35-2)10-14-12-28-18-9-4-3-8-17(14)18/h3-9,11-13,19,28H,10H2,1-2H3,(H,29,32)/t19-/m1/s1. The molecular weight excluding hydrogens is 465 g/mol. The molecule has 8 nitrogen and oxygen atoms in total. The third kappa shape index (κ3) is 4.98. The second kappa shape index (κ2) is 9.53. The summed E-state index contributed by atoms with van der Waals surface area (Å²) in [6, 6.07) is 10.9. The molecule has 0 fully saturated rings. The lowest BCUT2D eigenvalue weighted by Gasteiger charge is -2.16. The molecule has 11 heteroatoms. The number of para-hydroxylation sites is 1. The first kappa shape index (κ1) is 23.9. The lowest BCUT2D eigenvalue weighted by molar-refractivity contribution is -0.142. The fraction of sp³-hybridized carbons (Fsp3) is 0.208. The van der Waals surface area contributed by atoms with Crippen LogP contribution in [0.5, 0.6) is 5.75 Å². The van der Waals surface area contributed by atoms with Crippen LogP contribution in [-0.2, 0) is 22.1 Å². The third-order valence-electron chi connectivity index (χ3n) is 5.44. The summed E-state index contributed by atoms with van der Waals surface area (Å²) in [6.07, 6.45) is -1.37. The van der Waals surface area contributed by atoms with Gasteiger partial charge in [0.2, 0.25) is 0 Å². The Hall–Kier alpha value is -4.28. The molecule has 1 amide bonds. The molecule has 182 valence electrons. The molecule has 0 aliphatic rings. The van der Waals surface area contributed by atoms with Crippen LogP contribution in [0, 0.1) is 0 Å². The monoisotopic (exact) mass is 486 g/mol. The van der Waals surface area contributed by atoms with Gasteiger partial charge in [0, 0.05) is 23.5 Å². The van der Waals surface area contributed by atoms with Crippen molar-refractivity contribution >= 4 is 22.8 Å². The van der Waals surface area contributed by atoms with Crippen molar-refractivity contribution in [2.24, 2.45) is 0 Å². The van der Waals surface area contributed by atoms with Crippen molar-refractivity contribution in [3.05, 3.63) is 77.7 Å². The molecule has 2 N–H and O–H groups in total. The number of methoxy groups -OCH3 is 2. The average Bonchev–Trinajstić information content (AvgIpc) is 3.47. The van der Waals surface area contributed by atoms with Crippen LogP contribution in [0.4, 0.5) is 13.2 Å². The number of amides is 1. The van der Waals surface area contributed by atoms with Crippen LogP contribution in [0.1, 0.15) is 21.6 Å². The minimum atomic E-state index is -4.54. The number of nitrogens with one attached hydrogen (secondary N) is 2. The number of hydrogen-bond donors (Lipinski definition) is 2. The second-order valence-electron chi connectivity index (χ2n) is 7.65. The van der Waals surface area contributed by atoms with E-state index in [2.05, 4.69) is 15.4 Å². The summed E-state index contributed by atoms with van der Waals surface area (Å²) in [5.41, 5.74) is 0.690. The number of ether oxygens (including phenoxy) is 2. The smallest absolute Gasteiger partial charge is 0.416 e. The number of carbonyl (C=O) groups excluding carboxylic acids is 2. The quantitative estimate of drug-likeness (QED) is 0.386. The molecule has 0 radical (unpaired) electrons. The summed E-state index contributed by atoms with van der Waals surface area (Å²) in [4.78, 5) is 28.6. The number of esters is 1. The maximum Gasteiger partial charge on any atom is 0.416 e. The number of fused-ring (bicyclic) bond motifs is 1. The number of aromatic amines is 1. The van der Waals surface area contributed by atoms with Gasteiger partial charge in [-0.25, -0.2) is 9.48 Å². The Kier molecular flexibility index (Phi) is 6.50. The van der Waals surface area contributed by atoms with Crippen LogP contribution in [0.3, 0.4) is 0 Å². The van der Waals surface area contributed by atoms with Gasteiger partial charge in [0.15, 0.2) is 11.4 Å². The number of nitrogens with zero attached hydrogens (tertiary/aromatic N) is 2. The van der Waals surface area contributed by atoms with E-state index in [1.54, 1.807) is 6.20 Å². The minimum Gasteiger partial charge on any atom is -0.493 e. The van der Waals surface area contributed by atoms with Crippen LogP contribution in [-0.4, -0.2) is 46.9 Å². The molecule has 35 heavy (non-hydrogen) atoms. The van der Waals surface area contributed by atoms with Gasteiger partial charge in [-0.15, -0.1) is 0 Å². The van der Waals surface area contributed by atoms with Crippen molar-refractivity contribution in [3.63, 3.8) is 0 Å². The Labute approximate surface area is 197 Å². The van der Waals surface area contributed by atoms with Gasteiger partial charge in [0.25, 0.3) is 5.91 Å². The molecule has 4 aromatic rings. The number of alkyl halides is 3. The Bertz CT molecular complexity index is 1380. The predicted molar refractivity (Wildman–Crippen MR) is 120 cm³/mol. The summed E-state index contributed by atoms with van der Waals surface area (Å²) in [7, 11) is 2.51. The van der Waals surface area contributed by atoms with E-state index in [1.165, 1.54) is 32.5 Å². The molecule has 0 saturated carbocycles. The molecule has 0 bridgehead atoms.